The lowest BCUT2D eigenvalue weighted by atomic mass is 10.3. The van der Waals surface area contributed by atoms with Crippen LogP contribution < -0.4 is 5.32 Å². The first-order valence-electron chi connectivity index (χ1n) is 5.03. The Morgan fingerprint density at radius 3 is 2.87 bits per heavy atom. The minimum Gasteiger partial charge on any atom is -0.392 e. The van der Waals surface area contributed by atoms with Crippen LogP contribution in [0.3, 0.4) is 0 Å². The van der Waals surface area contributed by atoms with E-state index in [1.165, 1.54) is 0 Å². The van der Waals surface area contributed by atoms with Crippen molar-refractivity contribution in [1.29, 1.82) is 0 Å². The predicted molar refractivity (Wildman–Crippen MR) is 56.6 cm³/mol. The van der Waals surface area contributed by atoms with Crippen molar-refractivity contribution in [2.75, 3.05) is 6.54 Å². The third-order valence-corrected chi connectivity index (χ3v) is 2.08. The number of aliphatic hydroxyl groups excluding tert-OH is 1. The molecule has 5 heteroatoms. The second-order valence-corrected chi connectivity index (χ2v) is 3.56. The molecular formula is C10H17N3O2. The van der Waals surface area contributed by atoms with Gasteiger partial charge < -0.3 is 10.4 Å². The van der Waals surface area contributed by atoms with E-state index >= 15 is 0 Å². The molecule has 0 spiro atoms. The summed E-state index contributed by atoms with van der Waals surface area (Å²) in [6, 6.07) is 1.76. The average molecular weight is 211 g/mol. The summed E-state index contributed by atoms with van der Waals surface area (Å²) in [5, 5.41) is 15.8. The summed E-state index contributed by atoms with van der Waals surface area (Å²) in [6.07, 6.45) is 0.269. The van der Waals surface area contributed by atoms with Crippen molar-refractivity contribution in [1.82, 2.24) is 15.1 Å². The van der Waals surface area contributed by atoms with Crippen LogP contribution in [0.2, 0.25) is 0 Å². The van der Waals surface area contributed by atoms with Crippen LogP contribution in [0.4, 0.5) is 0 Å². The van der Waals surface area contributed by atoms with Gasteiger partial charge in [-0.2, -0.15) is 5.10 Å². The molecule has 5 nitrogen and oxygen atoms in total. The fourth-order valence-electron chi connectivity index (χ4n) is 1.24. The molecular weight excluding hydrogens is 194 g/mol. The molecule has 0 radical (unpaired) electrons. The van der Waals surface area contributed by atoms with Gasteiger partial charge in [-0.05, 0) is 19.4 Å². The predicted octanol–water partition coefficient (Wildman–Crippen LogP) is 0.0931. The van der Waals surface area contributed by atoms with E-state index in [4.69, 9.17) is 5.11 Å². The van der Waals surface area contributed by atoms with Gasteiger partial charge in [0.2, 0.25) is 0 Å². The molecule has 84 valence electrons. The first-order chi connectivity index (χ1) is 7.04. The molecule has 0 aliphatic rings. The van der Waals surface area contributed by atoms with Crippen molar-refractivity contribution in [2.45, 2.75) is 26.4 Å². The van der Waals surface area contributed by atoms with E-state index in [9.17, 15) is 4.79 Å². The minimum absolute atomic E-state index is 0.203. The van der Waals surface area contributed by atoms with Crippen LogP contribution in [-0.4, -0.2) is 33.4 Å². The molecule has 0 saturated heterocycles. The highest BCUT2D eigenvalue weighted by molar-refractivity contribution is 5.92. The average Bonchev–Trinajstić information content (AvgIpc) is 2.56. The quantitative estimate of drug-likeness (QED) is 0.742. The lowest BCUT2D eigenvalue weighted by Crippen LogP contribution is -2.31. The highest BCUT2D eigenvalue weighted by atomic mass is 16.3. The Kier molecular flexibility index (Phi) is 3.85. The van der Waals surface area contributed by atoms with E-state index in [2.05, 4.69) is 10.4 Å². The highest BCUT2D eigenvalue weighted by Crippen LogP contribution is 2.03. The van der Waals surface area contributed by atoms with Gasteiger partial charge >= 0.3 is 0 Å². The molecule has 0 fully saturated rings. The van der Waals surface area contributed by atoms with Crippen molar-refractivity contribution in [3.05, 3.63) is 17.5 Å². The van der Waals surface area contributed by atoms with Gasteiger partial charge in [0, 0.05) is 13.6 Å². The summed E-state index contributed by atoms with van der Waals surface area (Å²) in [5.41, 5.74) is 1.41. The lowest BCUT2D eigenvalue weighted by Gasteiger charge is -2.06. The Morgan fingerprint density at radius 2 is 2.40 bits per heavy atom. The van der Waals surface area contributed by atoms with Gasteiger partial charge in [-0.3, -0.25) is 9.48 Å². The third-order valence-electron chi connectivity index (χ3n) is 2.08. The molecule has 15 heavy (non-hydrogen) atoms. The number of carbonyl (C=O) groups excluding carboxylic acids is 1. The summed E-state index contributed by atoms with van der Waals surface area (Å²) in [7, 11) is 1.73. The molecule has 0 unspecified atom stereocenters. The molecule has 0 bridgehead atoms. The molecule has 1 heterocycles. The van der Waals surface area contributed by atoms with Gasteiger partial charge in [-0.15, -0.1) is 0 Å². The SMILES string of the molecule is CCc1cc(C(=O)NC[C@@H](C)O)n(C)n1. The molecule has 1 aromatic heterocycles. The zero-order chi connectivity index (χ0) is 11.4. The molecule has 0 aliphatic heterocycles. The van der Waals surface area contributed by atoms with E-state index in [-0.39, 0.29) is 12.5 Å². The Labute approximate surface area is 89.1 Å². The molecule has 1 aromatic rings. The lowest BCUT2D eigenvalue weighted by molar-refractivity contribution is 0.0914. The molecule has 1 rings (SSSR count). The number of amides is 1. The highest BCUT2D eigenvalue weighted by Gasteiger charge is 2.12. The number of hydrogen-bond acceptors (Lipinski definition) is 3. The Balaban J connectivity index is 2.68. The zero-order valence-corrected chi connectivity index (χ0v) is 9.32. The minimum atomic E-state index is -0.534. The van der Waals surface area contributed by atoms with E-state index in [1.54, 1.807) is 24.7 Å². The molecule has 0 aromatic carbocycles. The number of nitrogens with one attached hydrogen (secondary N) is 1. The fourth-order valence-corrected chi connectivity index (χ4v) is 1.24. The maximum atomic E-state index is 11.6. The summed E-state index contributed by atoms with van der Waals surface area (Å²) >= 11 is 0. The first kappa shape index (κ1) is 11.7. The van der Waals surface area contributed by atoms with Gasteiger partial charge in [0.1, 0.15) is 5.69 Å². The van der Waals surface area contributed by atoms with Crippen molar-refractivity contribution >= 4 is 5.91 Å². The van der Waals surface area contributed by atoms with Crippen LogP contribution >= 0.6 is 0 Å². The van der Waals surface area contributed by atoms with E-state index in [1.807, 2.05) is 6.92 Å². The van der Waals surface area contributed by atoms with Gasteiger partial charge in [0.25, 0.3) is 5.91 Å². The second kappa shape index (κ2) is 4.93. The Morgan fingerprint density at radius 1 is 1.73 bits per heavy atom. The number of aliphatic hydroxyl groups is 1. The molecule has 1 atom stereocenters. The van der Waals surface area contributed by atoms with E-state index < -0.39 is 6.10 Å². The topological polar surface area (TPSA) is 67.2 Å². The van der Waals surface area contributed by atoms with Crippen LogP contribution in [0.25, 0.3) is 0 Å². The zero-order valence-electron chi connectivity index (χ0n) is 9.32. The normalized spacial score (nSPS) is 12.5. The number of rotatable bonds is 4. The smallest absolute Gasteiger partial charge is 0.269 e. The van der Waals surface area contributed by atoms with Gasteiger partial charge in [0.15, 0.2) is 0 Å². The maximum Gasteiger partial charge on any atom is 0.269 e. The monoisotopic (exact) mass is 211 g/mol. The van der Waals surface area contributed by atoms with Crippen LogP contribution in [0, 0.1) is 0 Å². The summed E-state index contributed by atoms with van der Waals surface area (Å²) in [6.45, 7) is 3.87. The molecule has 2 N–H and O–H groups in total. The first-order valence-corrected chi connectivity index (χ1v) is 5.03. The maximum absolute atomic E-state index is 11.6. The summed E-state index contributed by atoms with van der Waals surface area (Å²) in [4.78, 5) is 11.6. The van der Waals surface area contributed by atoms with E-state index in [0.29, 0.717) is 5.69 Å². The van der Waals surface area contributed by atoms with Crippen LogP contribution in [0.5, 0.6) is 0 Å². The van der Waals surface area contributed by atoms with Gasteiger partial charge in [-0.25, -0.2) is 0 Å². The molecule has 0 saturated carbocycles. The number of aromatic nitrogens is 2. The van der Waals surface area contributed by atoms with Crippen LogP contribution in [-0.2, 0) is 13.5 Å². The third kappa shape index (κ3) is 3.06. The van der Waals surface area contributed by atoms with Gasteiger partial charge in [-0.1, -0.05) is 6.92 Å². The molecule has 1 amide bonds. The van der Waals surface area contributed by atoms with Crippen molar-refractivity contribution in [3.8, 4) is 0 Å². The number of carbonyl (C=O) groups is 1. The van der Waals surface area contributed by atoms with Crippen LogP contribution in [0.1, 0.15) is 30.0 Å². The number of aryl methyl sites for hydroxylation is 2. The summed E-state index contributed by atoms with van der Waals surface area (Å²) < 4.78 is 1.55. The van der Waals surface area contributed by atoms with Crippen molar-refractivity contribution in [3.63, 3.8) is 0 Å². The van der Waals surface area contributed by atoms with Crippen molar-refractivity contribution in [2.24, 2.45) is 7.05 Å². The Hall–Kier alpha value is -1.36. The van der Waals surface area contributed by atoms with Crippen molar-refractivity contribution < 1.29 is 9.90 Å². The Bertz CT molecular complexity index is 344. The van der Waals surface area contributed by atoms with E-state index in [0.717, 1.165) is 12.1 Å². The number of hydrogen-bond donors (Lipinski definition) is 2. The fraction of sp³-hybridized carbons (Fsp3) is 0.600. The van der Waals surface area contributed by atoms with Crippen LogP contribution in [0.15, 0.2) is 6.07 Å². The second-order valence-electron chi connectivity index (χ2n) is 3.56. The number of nitrogens with zero attached hydrogens (tertiary/aromatic N) is 2. The summed E-state index contributed by atoms with van der Waals surface area (Å²) in [5.74, 6) is -0.203. The standard InChI is InChI=1S/C10H17N3O2/c1-4-8-5-9(13(3)12-8)10(15)11-6-7(2)14/h5,7,14H,4,6H2,1-3H3,(H,11,15)/t7-/m1/s1. The van der Waals surface area contributed by atoms with Gasteiger partial charge in [0.05, 0.1) is 11.8 Å². The molecule has 0 aliphatic carbocycles. The largest absolute Gasteiger partial charge is 0.392 e.